The van der Waals surface area contributed by atoms with Crippen LogP contribution in [0, 0.1) is 11.6 Å². The van der Waals surface area contributed by atoms with E-state index in [2.05, 4.69) is 0 Å². The number of benzene rings is 1. The highest BCUT2D eigenvalue weighted by Crippen LogP contribution is 2.23. The molecule has 9 heteroatoms. The van der Waals surface area contributed by atoms with Crippen molar-refractivity contribution < 1.29 is 28.3 Å². The first-order valence-corrected chi connectivity index (χ1v) is 8.51. The molecule has 0 radical (unpaired) electrons. The zero-order valence-electron chi connectivity index (χ0n) is 14.2. The minimum atomic E-state index is -1.11. The first kappa shape index (κ1) is 20.1. The number of carboxylic acid groups (broad SMARTS) is 1. The van der Waals surface area contributed by atoms with Gasteiger partial charge >= 0.3 is 5.97 Å². The molecule has 1 aromatic rings. The van der Waals surface area contributed by atoms with Gasteiger partial charge in [0.2, 0.25) is 5.91 Å². The zero-order chi connectivity index (χ0) is 19.4. The van der Waals surface area contributed by atoms with Crippen molar-refractivity contribution in [2.24, 2.45) is 0 Å². The van der Waals surface area contributed by atoms with Crippen LogP contribution in [0.1, 0.15) is 36.5 Å². The first-order chi connectivity index (χ1) is 12.2. The fourth-order valence-electron chi connectivity index (χ4n) is 3.09. The molecule has 26 heavy (non-hydrogen) atoms. The lowest BCUT2D eigenvalue weighted by Crippen LogP contribution is -2.43. The molecule has 6 nitrogen and oxygen atoms in total. The van der Waals surface area contributed by atoms with Crippen molar-refractivity contribution >= 4 is 29.4 Å². The topological polar surface area (TPSA) is 77.9 Å². The third-order valence-corrected chi connectivity index (χ3v) is 4.67. The summed E-state index contributed by atoms with van der Waals surface area (Å²) in [6.45, 7) is 1.39. The number of rotatable bonds is 4. The Bertz CT molecular complexity index is 729. The molecule has 1 saturated heterocycles. The van der Waals surface area contributed by atoms with E-state index in [4.69, 9.17) is 16.7 Å². The van der Waals surface area contributed by atoms with E-state index < -0.39 is 40.6 Å². The minimum Gasteiger partial charge on any atom is -0.480 e. The van der Waals surface area contributed by atoms with Crippen LogP contribution in [-0.4, -0.2) is 58.4 Å². The molecule has 1 aliphatic heterocycles. The predicted molar refractivity (Wildman–Crippen MR) is 89.9 cm³/mol. The molecule has 1 heterocycles. The van der Waals surface area contributed by atoms with Gasteiger partial charge in [0.15, 0.2) is 0 Å². The number of carboxylic acids is 1. The average molecular weight is 389 g/mol. The number of carbonyl (C=O) groups excluding carboxylic acids is 2. The maximum absolute atomic E-state index is 14.0. The molecule has 1 unspecified atom stereocenters. The van der Waals surface area contributed by atoms with Crippen LogP contribution in [0.5, 0.6) is 0 Å². The number of likely N-dealkylation sites (tertiary alicyclic amines) is 1. The predicted octanol–water partition coefficient (Wildman–Crippen LogP) is 2.55. The van der Waals surface area contributed by atoms with Crippen molar-refractivity contribution in [2.45, 2.75) is 32.2 Å². The van der Waals surface area contributed by atoms with Gasteiger partial charge in [-0.05, 0) is 31.4 Å². The smallest absolute Gasteiger partial charge is 0.323 e. The summed E-state index contributed by atoms with van der Waals surface area (Å²) >= 11 is 5.50. The molecule has 0 bridgehead atoms. The number of hydrogen-bond donors (Lipinski definition) is 1. The largest absolute Gasteiger partial charge is 0.480 e. The van der Waals surface area contributed by atoms with E-state index in [1.807, 2.05) is 0 Å². The maximum Gasteiger partial charge on any atom is 0.323 e. The molecule has 1 N–H and O–H groups in total. The van der Waals surface area contributed by atoms with Gasteiger partial charge in [-0.2, -0.15) is 0 Å². The number of carbonyl (C=O) groups is 3. The van der Waals surface area contributed by atoms with Crippen molar-refractivity contribution in [3.63, 3.8) is 0 Å². The number of amides is 2. The quantitative estimate of drug-likeness (QED) is 0.804. The molecule has 142 valence electrons. The number of aliphatic carboxylic acids is 1. The molecular formula is C17H19ClF2N2O4. The minimum absolute atomic E-state index is 0.205. The van der Waals surface area contributed by atoms with Gasteiger partial charge in [0.25, 0.3) is 5.91 Å². The Labute approximate surface area is 154 Å². The van der Waals surface area contributed by atoms with Gasteiger partial charge in [-0.25, -0.2) is 8.78 Å². The Morgan fingerprint density at radius 3 is 2.54 bits per heavy atom. The molecule has 1 atom stereocenters. The highest BCUT2D eigenvalue weighted by molar-refractivity contribution is 6.30. The second kappa shape index (κ2) is 8.44. The summed E-state index contributed by atoms with van der Waals surface area (Å²) in [6, 6.07) is 1.21. The van der Waals surface area contributed by atoms with Crippen LogP contribution in [0.25, 0.3) is 0 Å². The van der Waals surface area contributed by atoms with Crippen LogP contribution >= 0.6 is 11.6 Å². The van der Waals surface area contributed by atoms with E-state index >= 15 is 0 Å². The summed E-state index contributed by atoms with van der Waals surface area (Å²) in [5, 5.41) is 8.55. The third kappa shape index (κ3) is 4.69. The van der Waals surface area contributed by atoms with Crippen LogP contribution in [0.4, 0.5) is 8.78 Å². The van der Waals surface area contributed by atoms with Crippen molar-refractivity contribution in [3.05, 3.63) is 34.4 Å². The van der Waals surface area contributed by atoms with Crippen molar-refractivity contribution in [2.75, 3.05) is 19.6 Å². The molecule has 1 aromatic carbocycles. The molecule has 0 aliphatic carbocycles. The average Bonchev–Trinajstić information content (AvgIpc) is 2.81. The second-order valence-electron chi connectivity index (χ2n) is 6.16. The highest BCUT2D eigenvalue weighted by atomic mass is 35.5. The Kier molecular flexibility index (Phi) is 6.52. The SMILES string of the molecule is CC(=O)N(CC(=O)O)C1CCCN(C(=O)c2cc(F)c(Cl)cc2F)CC1. The second-order valence-corrected chi connectivity index (χ2v) is 6.57. The number of hydrogen-bond acceptors (Lipinski definition) is 3. The van der Waals surface area contributed by atoms with E-state index in [0.717, 1.165) is 12.1 Å². The van der Waals surface area contributed by atoms with E-state index in [1.165, 1.54) is 16.7 Å². The molecule has 1 fully saturated rings. The van der Waals surface area contributed by atoms with Crippen LogP contribution in [0.2, 0.25) is 5.02 Å². The lowest BCUT2D eigenvalue weighted by molar-refractivity contribution is -0.145. The summed E-state index contributed by atoms with van der Waals surface area (Å²) in [4.78, 5) is 37.8. The van der Waals surface area contributed by atoms with Crippen molar-refractivity contribution in [1.82, 2.24) is 9.80 Å². The Hall–Kier alpha value is -2.22. The van der Waals surface area contributed by atoms with Gasteiger partial charge < -0.3 is 14.9 Å². The zero-order valence-corrected chi connectivity index (χ0v) is 14.9. The van der Waals surface area contributed by atoms with E-state index in [0.29, 0.717) is 25.8 Å². The monoisotopic (exact) mass is 388 g/mol. The van der Waals surface area contributed by atoms with Gasteiger partial charge in [0.05, 0.1) is 10.6 Å². The fourth-order valence-corrected chi connectivity index (χ4v) is 3.24. The van der Waals surface area contributed by atoms with Crippen LogP contribution in [0.3, 0.4) is 0 Å². The lowest BCUT2D eigenvalue weighted by atomic mass is 10.1. The summed E-state index contributed by atoms with van der Waals surface area (Å²) in [6.07, 6.45) is 1.39. The first-order valence-electron chi connectivity index (χ1n) is 8.13. The van der Waals surface area contributed by atoms with Crippen LogP contribution in [-0.2, 0) is 9.59 Å². The van der Waals surface area contributed by atoms with Gasteiger partial charge in [-0.15, -0.1) is 0 Å². The van der Waals surface area contributed by atoms with Gasteiger partial charge in [0.1, 0.15) is 18.2 Å². The molecular weight excluding hydrogens is 370 g/mol. The summed E-state index contributed by atoms with van der Waals surface area (Å²) in [5.41, 5.74) is -0.403. The highest BCUT2D eigenvalue weighted by Gasteiger charge is 2.29. The Balaban J connectivity index is 2.12. The molecule has 0 spiro atoms. The summed E-state index contributed by atoms with van der Waals surface area (Å²) in [5.74, 6) is -3.92. The molecule has 2 rings (SSSR count). The van der Waals surface area contributed by atoms with Crippen molar-refractivity contribution in [3.8, 4) is 0 Å². The normalized spacial score (nSPS) is 17.5. The third-order valence-electron chi connectivity index (χ3n) is 4.38. The lowest BCUT2D eigenvalue weighted by Gasteiger charge is -2.28. The number of nitrogens with zero attached hydrogens (tertiary/aromatic N) is 2. The summed E-state index contributed by atoms with van der Waals surface area (Å²) in [7, 11) is 0. The molecule has 0 saturated carbocycles. The van der Waals surface area contributed by atoms with Crippen LogP contribution < -0.4 is 0 Å². The van der Waals surface area contributed by atoms with Gasteiger partial charge in [0, 0.05) is 26.1 Å². The molecule has 1 aliphatic rings. The van der Waals surface area contributed by atoms with Crippen LogP contribution in [0.15, 0.2) is 12.1 Å². The van der Waals surface area contributed by atoms with Crippen molar-refractivity contribution in [1.29, 1.82) is 0 Å². The van der Waals surface area contributed by atoms with Gasteiger partial charge in [-0.3, -0.25) is 14.4 Å². The van der Waals surface area contributed by atoms with E-state index in [1.54, 1.807) is 0 Å². The molecule has 0 aromatic heterocycles. The standard InChI is InChI=1S/C17H19ClF2N2O4/c1-10(23)22(9-16(24)25)11-3-2-5-21(6-4-11)17(26)12-7-15(20)13(18)8-14(12)19/h7-8,11H,2-6,9H2,1H3,(H,24,25). The van der Waals surface area contributed by atoms with E-state index in [-0.39, 0.29) is 18.5 Å². The summed E-state index contributed by atoms with van der Waals surface area (Å²) < 4.78 is 27.6. The maximum atomic E-state index is 14.0. The fraction of sp³-hybridized carbons (Fsp3) is 0.471. The Morgan fingerprint density at radius 1 is 1.23 bits per heavy atom. The molecule has 2 amide bonds. The van der Waals surface area contributed by atoms with E-state index in [9.17, 15) is 23.2 Å². The van der Waals surface area contributed by atoms with Gasteiger partial charge in [-0.1, -0.05) is 11.6 Å². The Morgan fingerprint density at radius 2 is 1.92 bits per heavy atom. The number of halogens is 3.